The van der Waals surface area contributed by atoms with E-state index < -0.39 is 5.41 Å². The van der Waals surface area contributed by atoms with Gasteiger partial charge in [0, 0.05) is 63.6 Å². The highest BCUT2D eigenvalue weighted by Crippen LogP contribution is 2.59. The van der Waals surface area contributed by atoms with Gasteiger partial charge in [0.1, 0.15) is 0 Å². The number of hydrogen-bond donors (Lipinski definition) is 0. The lowest BCUT2D eigenvalue weighted by Gasteiger charge is -2.35. The second-order valence-corrected chi connectivity index (χ2v) is 17.3. The van der Waals surface area contributed by atoms with Gasteiger partial charge in [0.25, 0.3) is 0 Å². The van der Waals surface area contributed by atoms with Crippen molar-refractivity contribution in [3.8, 4) is 33.6 Å². The van der Waals surface area contributed by atoms with Gasteiger partial charge < -0.3 is 9.13 Å². The Morgan fingerprint density at radius 2 is 1.35 bits per heavy atom. The maximum absolute atomic E-state index is 4.74. The monoisotopic (exact) mass is 770 g/mol. The summed E-state index contributed by atoms with van der Waals surface area (Å²) in [5, 5.41) is 3.86. The molecule has 13 rings (SSSR count). The van der Waals surface area contributed by atoms with Gasteiger partial charge in [0.05, 0.1) is 22.0 Å². The second-order valence-electron chi connectivity index (χ2n) is 17.3. The summed E-state index contributed by atoms with van der Waals surface area (Å²) < 4.78 is 4.88. The van der Waals surface area contributed by atoms with E-state index in [9.17, 15) is 0 Å². The molecule has 0 aliphatic heterocycles. The summed E-state index contributed by atoms with van der Waals surface area (Å²) in [6.07, 6.45) is 23.6. The van der Waals surface area contributed by atoms with Crippen LogP contribution in [0, 0.1) is 17.8 Å². The van der Waals surface area contributed by atoms with Gasteiger partial charge in [-0.1, -0.05) is 98.0 Å². The van der Waals surface area contributed by atoms with E-state index in [0.29, 0.717) is 11.8 Å². The standard InChI is InChI=1S/C56H42N4/c1-35-29-39(21-16-38-30-46(35)38)56(40-9-8-27-57-33-40)50-26-28-58-34-49(50)47-32-55-48(31-51(47)56)45-12-4-7-15-54(45)60(55)42-24-19-37(20-25-42)36-17-22-41(23-18-36)59-52-13-5-2-10-43(52)44-11-3-6-14-53(44)59/h2,4-10,12-29,31-35,38,46H,3,11,30H2,1H3. The Hall–Kier alpha value is -7.04. The minimum absolute atomic E-state index is 0.497. The van der Waals surface area contributed by atoms with Crippen molar-refractivity contribution in [2.75, 3.05) is 0 Å². The van der Waals surface area contributed by atoms with Crippen molar-refractivity contribution in [2.45, 2.75) is 31.6 Å². The number of rotatable bonds is 5. The third kappa shape index (κ3) is 4.73. The molecular weight excluding hydrogens is 729 g/mol. The summed E-state index contributed by atoms with van der Waals surface area (Å²) in [7, 11) is 0. The van der Waals surface area contributed by atoms with Gasteiger partial charge in [-0.2, -0.15) is 0 Å². The third-order valence-electron chi connectivity index (χ3n) is 14.2. The van der Waals surface area contributed by atoms with Crippen LogP contribution in [-0.4, -0.2) is 19.1 Å². The maximum Gasteiger partial charge on any atom is 0.0726 e. The van der Waals surface area contributed by atoms with Crippen molar-refractivity contribution < 1.29 is 0 Å². The molecule has 4 unspecified atom stereocenters. The maximum atomic E-state index is 4.74. The van der Waals surface area contributed by atoms with Gasteiger partial charge in [0.15, 0.2) is 0 Å². The quantitative estimate of drug-likeness (QED) is 0.175. The Morgan fingerprint density at radius 3 is 2.13 bits per heavy atom. The van der Waals surface area contributed by atoms with Crippen molar-refractivity contribution in [2.24, 2.45) is 17.8 Å². The lowest BCUT2D eigenvalue weighted by molar-refractivity contribution is 0.597. The van der Waals surface area contributed by atoms with Crippen LogP contribution in [-0.2, 0) is 11.8 Å². The highest BCUT2D eigenvalue weighted by atomic mass is 15.0. The third-order valence-corrected chi connectivity index (χ3v) is 14.2. The van der Waals surface area contributed by atoms with Crippen LogP contribution in [0.4, 0.5) is 0 Å². The zero-order valence-electron chi connectivity index (χ0n) is 33.5. The first-order chi connectivity index (χ1) is 29.7. The number of aromatic nitrogens is 4. The molecule has 0 N–H and O–H groups in total. The second kappa shape index (κ2) is 12.7. The van der Waals surface area contributed by atoms with E-state index in [1.54, 1.807) is 0 Å². The summed E-state index contributed by atoms with van der Waals surface area (Å²) in [5.74, 6) is 1.89. The fourth-order valence-corrected chi connectivity index (χ4v) is 11.4. The van der Waals surface area contributed by atoms with E-state index in [2.05, 4.69) is 186 Å². The molecule has 4 heterocycles. The average molecular weight is 771 g/mol. The van der Waals surface area contributed by atoms with Gasteiger partial charge in [0.2, 0.25) is 0 Å². The molecule has 4 heteroatoms. The molecule has 5 aromatic carbocycles. The van der Waals surface area contributed by atoms with Crippen molar-refractivity contribution >= 4 is 38.8 Å². The number of para-hydroxylation sites is 2. The first-order valence-electron chi connectivity index (χ1n) is 21.5. The fraction of sp³-hybridized carbons (Fsp3) is 0.143. The highest BCUT2D eigenvalue weighted by molar-refractivity contribution is 6.12. The molecule has 1 saturated carbocycles. The minimum Gasteiger partial charge on any atom is -0.310 e. The first kappa shape index (κ1) is 33.9. The highest BCUT2D eigenvalue weighted by Gasteiger charge is 2.49. The number of pyridine rings is 2. The number of allylic oxidation sites excluding steroid dienone is 5. The summed E-state index contributed by atoms with van der Waals surface area (Å²) in [5.41, 5.74) is 18.2. The number of aryl methyl sites for hydroxylation is 1. The van der Waals surface area contributed by atoms with Crippen molar-refractivity contribution in [3.63, 3.8) is 0 Å². The normalized spacial score (nSPS) is 21.1. The van der Waals surface area contributed by atoms with Crippen LogP contribution >= 0.6 is 0 Å². The van der Waals surface area contributed by atoms with Crippen LogP contribution in [0.2, 0.25) is 0 Å². The van der Waals surface area contributed by atoms with Crippen molar-refractivity contribution in [1.29, 1.82) is 0 Å². The summed E-state index contributed by atoms with van der Waals surface area (Å²) >= 11 is 0. The van der Waals surface area contributed by atoms with E-state index in [1.165, 1.54) is 101 Å². The molecule has 286 valence electrons. The minimum atomic E-state index is -0.511. The number of benzene rings is 5. The largest absolute Gasteiger partial charge is 0.310 e. The van der Waals surface area contributed by atoms with E-state index in [4.69, 9.17) is 9.97 Å². The van der Waals surface area contributed by atoms with Gasteiger partial charge in [-0.05, 0) is 148 Å². The molecule has 0 saturated heterocycles. The predicted molar refractivity (Wildman–Crippen MR) is 246 cm³/mol. The number of nitrogens with zero attached hydrogens (tertiary/aromatic N) is 4. The molecule has 60 heavy (non-hydrogen) atoms. The lowest BCUT2D eigenvalue weighted by Crippen LogP contribution is -2.29. The topological polar surface area (TPSA) is 35.6 Å². The number of hydrogen-bond acceptors (Lipinski definition) is 2. The molecule has 0 radical (unpaired) electrons. The molecule has 0 bridgehead atoms. The molecule has 4 aliphatic carbocycles. The Balaban J connectivity index is 0.950. The molecule has 0 amide bonds. The summed E-state index contributed by atoms with van der Waals surface area (Å²) in [6, 6.07) is 47.5. The van der Waals surface area contributed by atoms with Gasteiger partial charge in [-0.25, -0.2) is 0 Å². The van der Waals surface area contributed by atoms with Crippen LogP contribution in [0.5, 0.6) is 0 Å². The first-order valence-corrected chi connectivity index (χ1v) is 21.5. The van der Waals surface area contributed by atoms with Gasteiger partial charge in [-0.3, -0.25) is 9.97 Å². The van der Waals surface area contributed by atoms with E-state index in [1.807, 2.05) is 12.4 Å². The SMILES string of the molecule is CC1C=C(C2(c3cccnc3)c3ccncc3-c3cc4c(cc32)c2ccccc2n4-c2ccc(-c3ccc(-n4c5c(c6ccccc64)CCC=C5)cc3)cc2)C=CC2CC12. The van der Waals surface area contributed by atoms with Crippen LogP contribution in [0.3, 0.4) is 0 Å². The van der Waals surface area contributed by atoms with E-state index in [0.717, 1.165) is 24.4 Å². The summed E-state index contributed by atoms with van der Waals surface area (Å²) in [6.45, 7) is 2.41. The van der Waals surface area contributed by atoms with Crippen LogP contribution in [0.25, 0.3) is 72.4 Å². The van der Waals surface area contributed by atoms with Crippen LogP contribution in [0.15, 0.2) is 182 Å². The molecule has 4 aliphatic rings. The Kier molecular flexibility index (Phi) is 7.19. The molecule has 4 aromatic heterocycles. The molecule has 1 fully saturated rings. The Labute approximate surface area is 349 Å². The molecule has 4 atom stereocenters. The molecular formula is C56H42N4. The van der Waals surface area contributed by atoms with E-state index >= 15 is 0 Å². The smallest absolute Gasteiger partial charge is 0.0726 e. The number of fused-ring (bicyclic) bond motifs is 10. The summed E-state index contributed by atoms with van der Waals surface area (Å²) in [4.78, 5) is 9.48. The predicted octanol–water partition coefficient (Wildman–Crippen LogP) is 13.2. The lowest BCUT2D eigenvalue weighted by atomic mass is 9.67. The fourth-order valence-electron chi connectivity index (χ4n) is 11.4. The molecule has 4 nitrogen and oxygen atoms in total. The zero-order chi connectivity index (χ0) is 39.5. The van der Waals surface area contributed by atoms with Crippen LogP contribution in [0.1, 0.15) is 47.7 Å². The van der Waals surface area contributed by atoms with Gasteiger partial charge in [-0.15, -0.1) is 0 Å². The average Bonchev–Trinajstić information content (AvgIpc) is 3.86. The molecule has 0 spiro atoms. The Bertz CT molecular complexity index is 3300. The zero-order valence-corrected chi connectivity index (χ0v) is 33.5. The molecule has 9 aromatic rings. The van der Waals surface area contributed by atoms with Crippen LogP contribution < -0.4 is 0 Å². The Morgan fingerprint density at radius 1 is 0.617 bits per heavy atom. The van der Waals surface area contributed by atoms with Crippen molar-refractivity contribution in [3.05, 3.63) is 210 Å². The van der Waals surface area contributed by atoms with Crippen molar-refractivity contribution in [1.82, 2.24) is 19.1 Å². The van der Waals surface area contributed by atoms with Gasteiger partial charge >= 0.3 is 0 Å². The van der Waals surface area contributed by atoms with E-state index in [-0.39, 0.29) is 0 Å².